The zero-order valence-electron chi connectivity index (χ0n) is 12.1. The van der Waals surface area contributed by atoms with E-state index in [1.165, 1.54) is 12.1 Å². The molecule has 1 fully saturated rings. The highest BCUT2D eigenvalue weighted by atomic mass is 32.2. The van der Waals surface area contributed by atoms with Gasteiger partial charge in [0.2, 0.25) is 10.0 Å². The van der Waals surface area contributed by atoms with Crippen LogP contribution in [0.3, 0.4) is 0 Å². The summed E-state index contributed by atoms with van der Waals surface area (Å²) in [5.41, 5.74) is -0.0318. The third-order valence-corrected chi connectivity index (χ3v) is 4.36. The number of hydrogen-bond donors (Lipinski definition) is 3. The van der Waals surface area contributed by atoms with Crippen molar-refractivity contribution >= 4 is 16.1 Å². The SMILES string of the molecule is CS(=O)(=O)N[C@H]1[C@@H](F)CN(C(=O)O)[C@H]1Cc1cccc(O)c1F. The number of aromatic hydroxyl groups is 1. The fourth-order valence-corrected chi connectivity index (χ4v) is 3.48. The van der Waals surface area contributed by atoms with Gasteiger partial charge in [0.05, 0.1) is 24.9 Å². The lowest BCUT2D eigenvalue weighted by Crippen LogP contribution is -2.49. The van der Waals surface area contributed by atoms with Crippen molar-refractivity contribution in [1.82, 2.24) is 9.62 Å². The van der Waals surface area contributed by atoms with Crippen LogP contribution in [0, 0.1) is 5.82 Å². The van der Waals surface area contributed by atoms with Gasteiger partial charge in [-0.05, 0) is 18.1 Å². The van der Waals surface area contributed by atoms with E-state index in [1.807, 2.05) is 0 Å². The maximum absolute atomic E-state index is 14.1. The second kappa shape index (κ2) is 6.28. The van der Waals surface area contributed by atoms with Crippen LogP contribution in [0.2, 0.25) is 0 Å². The van der Waals surface area contributed by atoms with Crippen LogP contribution in [0.5, 0.6) is 5.75 Å². The van der Waals surface area contributed by atoms with E-state index in [2.05, 4.69) is 4.72 Å². The normalized spacial score (nSPS) is 24.8. The average Bonchev–Trinajstić information content (AvgIpc) is 2.71. The van der Waals surface area contributed by atoms with Gasteiger partial charge >= 0.3 is 6.09 Å². The van der Waals surface area contributed by atoms with Gasteiger partial charge in [-0.2, -0.15) is 0 Å². The van der Waals surface area contributed by atoms with Gasteiger partial charge in [-0.15, -0.1) is 0 Å². The Morgan fingerprint density at radius 2 is 2.13 bits per heavy atom. The Labute approximate surface area is 131 Å². The topological polar surface area (TPSA) is 107 Å². The lowest BCUT2D eigenvalue weighted by atomic mass is 9.99. The van der Waals surface area contributed by atoms with Crippen molar-refractivity contribution in [3.05, 3.63) is 29.6 Å². The van der Waals surface area contributed by atoms with Gasteiger partial charge in [0.25, 0.3) is 0 Å². The molecule has 0 bridgehead atoms. The minimum Gasteiger partial charge on any atom is -0.505 e. The highest BCUT2D eigenvalue weighted by molar-refractivity contribution is 7.88. The minimum atomic E-state index is -3.79. The van der Waals surface area contributed by atoms with Gasteiger partial charge < -0.3 is 15.1 Å². The lowest BCUT2D eigenvalue weighted by molar-refractivity contribution is 0.136. The molecule has 0 spiro atoms. The molecule has 0 saturated carbocycles. The molecule has 10 heteroatoms. The molecule has 128 valence electrons. The van der Waals surface area contributed by atoms with Crippen molar-refractivity contribution in [2.45, 2.75) is 24.7 Å². The first-order valence-corrected chi connectivity index (χ1v) is 8.56. The first kappa shape index (κ1) is 17.4. The van der Waals surface area contributed by atoms with Crippen molar-refractivity contribution in [2.24, 2.45) is 0 Å². The van der Waals surface area contributed by atoms with Crippen molar-refractivity contribution in [1.29, 1.82) is 0 Å². The highest BCUT2D eigenvalue weighted by Gasteiger charge is 2.46. The third kappa shape index (κ3) is 3.88. The molecule has 0 unspecified atom stereocenters. The van der Waals surface area contributed by atoms with Crippen molar-refractivity contribution in [2.75, 3.05) is 12.8 Å². The number of phenols is 1. The largest absolute Gasteiger partial charge is 0.505 e. The number of halogens is 2. The Balaban J connectivity index is 2.35. The molecule has 1 amide bonds. The Hall–Kier alpha value is -1.94. The van der Waals surface area contributed by atoms with Crippen molar-refractivity contribution in [3.63, 3.8) is 0 Å². The number of nitrogens with zero attached hydrogens (tertiary/aromatic N) is 1. The van der Waals surface area contributed by atoms with Crippen LogP contribution in [0.25, 0.3) is 0 Å². The van der Waals surface area contributed by atoms with Gasteiger partial charge in [-0.1, -0.05) is 12.1 Å². The van der Waals surface area contributed by atoms with E-state index in [-0.39, 0.29) is 12.0 Å². The molecule has 0 aliphatic carbocycles. The first-order chi connectivity index (χ1) is 10.6. The van der Waals surface area contributed by atoms with Crippen LogP contribution in [-0.2, 0) is 16.4 Å². The number of rotatable bonds is 4. The predicted molar refractivity (Wildman–Crippen MR) is 77.0 cm³/mol. The second-order valence-electron chi connectivity index (χ2n) is 5.39. The molecule has 0 aromatic heterocycles. The Morgan fingerprint density at radius 1 is 1.48 bits per heavy atom. The summed E-state index contributed by atoms with van der Waals surface area (Å²) in [5, 5.41) is 18.5. The van der Waals surface area contributed by atoms with Crippen molar-refractivity contribution < 1.29 is 32.2 Å². The lowest BCUT2D eigenvalue weighted by Gasteiger charge is -2.26. The number of carboxylic acid groups (broad SMARTS) is 1. The molecule has 1 saturated heterocycles. The fraction of sp³-hybridized carbons (Fsp3) is 0.462. The van der Waals surface area contributed by atoms with Gasteiger partial charge in [0.1, 0.15) is 6.17 Å². The molecule has 7 nitrogen and oxygen atoms in total. The number of phenolic OH excluding ortho intramolecular Hbond substituents is 1. The Kier molecular flexibility index (Phi) is 4.76. The monoisotopic (exact) mass is 350 g/mol. The molecule has 1 aromatic carbocycles. The number of carbonyl (C=O) groups is 1. The van der Waals surface area contributed by atoms with E-state index in [0.717, 1.165) is 17.2 Å². The molecule has 0 radical (unpaired) electrons. The Bertz CT molecular complexity index is 712. The summed E-state index contributed by atoms with van der Waals surface area (Å²) in [6, 6.07) is 1.33. The number of benzene rings is 1. The highest BCUT2D eigenvalue weighted by Crippen LogP contribution is 2.28. The number of alkyl halides is 1. The summed E-state index contributed by atoms with van der Waals surface area (Å²) >= 11 is 0. The molecule has 1 aliphatic heterocycles. The molecule has 3 atom stereocenters. The number of sulfonamides is 1. The fourth-order valence-electron chi connectivity index (χ4n) is 2.68. The quantitative estimate of drug-likeness (QED) is 0.741. The minimum absolute atomic E-state index is 0.0318. The zero-order valence-corrected chi connectivity index (χ0v) is 12.9. The van der Waals surface area contributed by atoms with Crippen LogP contribution in [0.4, 0.5) is 13.6 Å². The summed E-state index contributed by atoms with van der Waals surface area (Å²) < 4.78 is 52.8. The van der Waals surface area contributed by atoms with E-state index in [1.54, 1.807) is 0 Å². The molecule has 1 aromatic rings. The van der Waals surface area contributed by atoms with Gasteiger partial charge in [-0.25, -0.2) is 26.7 Å². The van der Waals surface area contributed by atoms with Crippen molar-refractivity contribution in [3.8, 4) is 5.75 Å². The first-order valence-electron chi connectivity index (χ1n) is 6.67. The van der Waals surface area contributed by atoms with Gasteiger partial charge in [-0.3, -0.25) is 0 Å². The number of nitrogens with one attached hydrogen (secondary N) is 1. The maximum atomic E-state index is 14.1. The molecule has 2 rings (SSSR count). The van der Waals surface area contributed by atoms with Crippen LogP contribution >= 0.6 is 0 Å². The summed E-state index contributed by atoms with van der Waals surface area (Å²) in [6.45, 7) is -0.520. The van der Waals surface area contributed by atoms with E-state index in [4.69, 9.17) is 5.11 Å². The van der Waals surface area contributed by atoms with Crippen LogP contribution in [-0.4, -0.2) is 60.7 Å². The molecular weight excluding hydrogens is 334 g/mol. The smallest absolute Gasteiger partial charge is 0.407 e. The summed E-state index contributed by atoms with van der Waals surface area (Å²) in [6.07, 6.45) is -2.64. The average molecular weight is 350 g/mol. The Morgan fingerprint density at radius 3 is 2.70 bits per heavy atom. The molecular formula is C13H16F2N2O5S. The number of likely N-dealkylation sites (tertiary alicyclic amines) is 1. The maximum Gasteiger partial charge on any atom is 0.407 e. The van der Waals surface area contributed by atoms with Crippen LogP contribution < -0.4 is 4.72 Å². The summed E-state index contributed by atoms with van der Waals surface area (Å²) in [7, 11) is -3.79. The van der Waals surface area contributed by atoms with Crippen LogP contribution in [0.1, 0.15) is 5.56 Å². The van der Waals surface area contributed by atoms with E-state index >= 15 is 0 Å². The number of amides is 1. The molecule has 3 N–H and O–H groups in total. The predicted octanol–water partition coefficient (Wildman–Crippen LogP) is 0.692. The van der Waals surface area contributed by atoms with Gasteiger partial charge in [0, 0.05) is 0 Å². The third-order valence-electron chi connectivity index (χ3n) is 3.66. The standard InChI is InChI=1S/C13H16F2N2O5S/c1-23(21,22)16-12-8(14)6-17(13(19)20)9(12)5-7-3-2-4-10(18)11(7)15/h2-4,8-9,12,16,18H,5-6H2,1H3,(H,19,20)/t8-,9-,12-/m0/s1. The van der Waals surface area contributed by atoms with Gasteiger partial charge in [0.15, 0.2) is 11.6 Å². The molecule has 23 heavy (non-hydrogen) atoms. The zero-order chi connectivity index (χ0) is 17.4. The van der Waals surface area contributed by atoms with E-state index in [9.17, 15) is 27.1 Å². The van der Waals surface area contributed by atoms with Crippen LogP contribution in [0.15, 0.2) is 18.2 Å². The summed E-state index contributed by atoms with van der Waals surface area (Å²) in [4.78, 5) is 12.0. The van der Waals surface area contributed by atoms with E-state index < -0.39 is 52.5 Å². The summed E-state index contributed by atoms with van der Waals surface area (Å²) in [5.74, 6) is -1.56. The molecule has 1 aliphatic rings. The van der Waals surface area contributed by atoms with E-state index in [0.29, 0.717) is 0 Å². The second-order valence-corrected chi connectivity index (χ2v) is 7.17. The molecule has 1 heterocycles. The number of hydrogen-bond acceptors (Lipinski definition) is 4.